The van der Waals surface area contributed by atoms with Crippen molar-refractivity contribution in [2.75, 3.05) is 50.7 Å². The highest BCUT2D eigenvalue weighted by Crippen LogP contribution is 2.33. The van der Waals surface area contributed by atoms with Gasteiger partial charge in [0.2, 0.25) is 5.91 Å². The van der Waals surface area contributed by atoms with E-state index in [-0.39, 0.29) is 24.0 Å². The number of fused-ring (bicyclic) bond motifs is 2. The van der Waals surface area contributed by atoms with Crippen LogP contribution < -0.4 is 4.90 Å². The number of rotatable bonds is 3. The van der Waals surface area contributed by atoms with Crippen molar-refractivity contribution in [2.45, 2.75) is 38.9 Å². The molecule has 164 valence electrons. The van der Waals surface area contributed by atoms with Gasteiger partial charge >= 0.3 is 0 Å². The number of aromatic nitrogens is 3. The van der Waals surface area contributed by atoms with E-state index in [1.807, 2.05) is 29.3 Å². The van der Waals surface area contributed by atoms with Gasteiger partial charge in [-0.05, 0) is 20.3 Å². The van der Waals surface area contributed by atoms with Gasteiger partial charge in [-0.25, -0.2) is 4.98 Å². The second-order valence-electron chi connectivity index (χ2n) is 9.04. The van der Waals surface area contributed by atoms with Crippen molar-refractivity contribution < 1.29 is 9.53 Å². The van der Waals surface area contributed by atoms with E-state index >= 15 is 0 Å². The summed E-state index contributed by atoms with van der Waals surface area (Å²) in [6.07, 6.45) is 9.29. The fraction of sp³-hybridized carbons (Fsp3) is 0.609. The molecule has 3 aliphatic heterocycles. The van der Waals surface area contributed by atoms with E-state index in [1.165, 1.54) is 5.56 Å². The van der Waals surface area contributed by atoms with Gasteiger partial charge < -0.3 is 14.5 Å². The highest BCUT2D eigenvalue weighted by Gasteiger charge is 2.40. The van der Waals surface area contributed by atoms with Crippen molar-refractivity contribution in [3.63, 3.8) is 0 Å². The Morgan fingerprint density at radius 3 is 2.68 bits per heavy atom. The van der Waals surface area contributed by atoms with Crippen LogP contribution in [-0.2, 0) is 22.4 Å². The van der Waals surface area contributed by atoms with E-state index < -0.39 is 0 Å². The Morgan fingerprint density at radius 1 is 1.19 bits per heavy atom. The fourth-order valence-corrected chi connectivity index (χ4v) is 5.15. The Bertz CT molecular complexity index is 1010. The molecule has 0 bridgehead atoms. The van der Waals surface area contributed by atoms with Crippen LogP contribution in [0.4, 0.5) is 5.82 Å². The molecule has 3 aliphatic rings. The number of carbonyl (C=O) groups is 1. The third-order valence-electron chi connectivity index (χ3n) is 6.61. The van der Waals surface area contributed by atoms with Crippen molar-refractivity contribution in [1.82, 2.24) is 24.4 Å². The molecule has 8 nitrogen and oxygen atoms in total. The Kier molecular flexibility index (Phi) is 5.32. The molecule has 31 heavy (non-hydrogen) atoms. The van der Waals surface area contributed by atoms with Crippen molar-refractivity contribution in [1.29, 1.82) is 0 Å². The van der Waals surface area contributed by atoms with Gasteiger partial charge in [-0.1, -0.05) is 5.92 Å². The molecule has 2 fully saturated rings. The lowest BCUT2D eigenvalue weighted by atomic mass is 9.96. The van der Waals surface area contributed by atoms with Crippen LogP contribution in [0.2, 0.25) is 0 Å². The molecule has 0 spiro atoms. The zero-order valence-electron chi connectivity index (χ0n) is 18.3. The molecular weight excluding hydrogens is 392 g/mol. The molecule has 0 saturated carbocycles. The maximum atomic E-state index is 13.1. The number of amides is 1. The molecule has 2 unspecified atom stereocenters. The van der Waals surface area contributed by atoms with Gasteiger partial charge in [0.1, 0.15) is 5.82 Å². The van der Waals surface area contributed by atoms with Crippen LogP contribution >= 0.6 is 0 Å². The van der Waals surface area contributed by atoms with E-state index in [2.05, 4.69) is 20.8 Å². The van der Waals surface area contributed by atoms with Crippen molar-refractivity contribution in [2.24, 2.45) is 5.92 Å². The van der Waals surface area contributed by atoms with E-state index in [1.54, 1.807) is 6.20 Å². The van der Waals surface area contributed by atoms with Crippen LogP contribution in [0, 0.1) is 18.3 Å². The minimum absolute atomic E-state index is 0.0237. The van der Waals surface area contributed by atoms with Crippen LogP contribution in [0.1, 0.15) is 25.1 Å². The largest absolute Gasteiger partial charge is 0.372 e. The van der Waals surface area contributed by atoms with Crippen molar-refractivity contribution in [3.8, 4) is 12.3 Å². The molecule has 2 saturated heterocycles. The van der Waals surface area contributed by atoms with E-state index in [0.717, 1.165) is 56.2 Å². The summed E-state index contributed by atoms with van der Waals surface area (Å²) in [6, 6.07) is 1.95. The van der Waals surface area contributed by atoms with Gasteiger partial charge in [-0.2, -0.15) is 9.61 Å². The van der Waals surface area contributed by atoms with Crippen molar-refractivity contribution >= 4 is 17.4 Å². The third kappa shape index (κ3) is 3.77. The number of terminal acetylenes is 1. The second kappa shape index (κ2) is 8.13. The Morgan fingerprint density at radius 2 is 1.94 bits per heavy atom. The number of anilines is 1. The van der Waals surface area contributed by atoms with Crippen molar-refractivity contribution in [3.05, 3.63) is 23.5 Å². The Labute approximate surface area is 183 Å². The molecule has 0 aromatic carbocycles. The molecule has 5 heterocycles. The SMILES string of the molecule is C#CCN1CCc2nc3ccnn3c(N3CC(C(=O)N4CC(C)OC(C)C4)C3)c2CC1. The molecule has 2 aromatic rings. The van der Waals surface area contributed by atoms with Crippen LogP contribution in [0.25, 0.3) is 5.65 Å². The Hall–Kier alpha value is -2.63. The van der Waals surface area contributed by atoms with Gasteiger partial charge in [0.05, 0.1) is 36.6 Å². The van der Waals surface area contributed by atoms with Gasteiger partial charge in [0.15, 0.2) is 5.65 Å². The number of morpholine rings is 1. The molecule has 0 aliphatic carbocycles. The predicted octanol–water partition coefficient (Wildman–Crippen LogP) is 0.835. The summed E-state index contributed by atoms with van der Waals surface area (Å²) in [7, 11) is 0. The minimum Gasteiger partial charge on any atom is -0.372 e. The first-order valence-corrected chi connectivity index (χ1v) is 11.2. The zero-order chi connectivity index (χ0) is 21.5. The molecule has 8 heteroatoms. The predicted molar refractivity (Wildman–Crippen MR) is 118 cm³/mol. The van der Waals surface area contributed by atoms with Gasteiger partial charge in [-0.3, -0.25) is 9.69 Å². The monoisotopic (exact) mass is 422 g/mol. The highest BCUT2D eigenvalue weighted by atomic mass is 16.5. The number of hydrogen-bond donors (Lipinski definition) is 0. The van der Waals surface area contributed by atoms with E-state index in [9.17, 15) is 4.79 Å². The maximum absolute atomic E-state index is 13.1. The lowest BCUT2D eigenvalue weighted by molar-refractivity contribution is -0.148. The molecule has 0 radical (unpaired) electrons. The first-order valence-electron chi connectivity index (χ1n) is 11.2. The maximum Gasteiger partial charge on any atom is 0.229 e. The summed E-state index contributed by atoms with van der Waals surface area (Å²) in [5.74, 6) is 4.13. The normalized spacial score (nSPS) is 25.1. The van der Waals surface area contributed by atoms with E-state index in [4.69, 9.17) is 16.1 Å². The quantitative estimate of drug-likeness (QED) is 0.683. The summed E-state index contributed by atoms with van der Waals surface area (Å²) in [6.45, 7) is 9.37. The number of ether oxygens (including phenoxy) is 1. The van der Waals surface area contributed by atoms with Gasteiger partial charge in [-0.15, -0.1) is 6.42 Å². The number of hydrogen-bond acceptors (Lipinski definition) is 6. The molecule has 2 aromatic heterocycles. The highest BCUT2D eigenvalue weighted by molar-refractivity contribution is 5.82. The first kappa shape index (κ1) is 20.3. The fourth-order valence-electron chi connectivity index (χ4n) is 5.15. The molecular formula is C23H30N6O2. The van der Waals surface area contributed by atoms with Crippen LogP contribution in [-0.4, -0.2) is 88.3 Å². The second-order valence-corrected chi connectivity index (χ2v) is 9.04. The van der Waals surface area contributed by atoms with Crippen LogP contribution in [0.3, 0.4) is 0 Å². The van der Waals surface area contributed by atoms with Crippen LogP contribution in [0.15, 0.2) is 12.3 Å². The smallest absolute Gasteiger partial charge is 0.229 e. The number of nitrogens with zero attached hydrogens (tertiary/aromatic N) is 6. The standard InChI is InChI=1S/C23H30N6O2/c1-4-9-26-10-6-19-20(7-11-26)25-21-5-8-24-29(21)22(19)27-14-18(15-27)23(30)28-12-16(2)31-17(3)13-28/h1,5,8,16-18H,6-7,9-15H2,2-3H3. The summed E-state index contributed by atoms with van der Waals surface area (Å²) in [4.78, 5) is 24.6. The number of carbonyl (C=O) groups excluding carboxylic acids is 1. The zero-order valence-corrected chi connectivity index (χ0v) is 18.3. The summed E-state index contributed by atoms with van der Waals surface area (Å²) >= 11 is 0. The average Bonchev–Trinajstić information content (AvgIpc) is 3.07. The first-order chi connectivity index (χ1) is 15.0. The average molecular weight is 423 g/mol. The molecule has 5 rings (SSSR count). The summed E-state index contributed by atoms with van der Waals surface area (Å²) in [5.41, 5.74) is 3.24. The topological polar surface area (TPSA) is 66.2 Å². The summed E-state index contributed by atoms with van der Waals surface area (Å²) in [5, 5.41) is 4.55. The lowest BCUT2D eigenvalue weighted by Gasteiger charge is -2.44. The summed E-state index contributed by atoms with van der Waals surface area (Å²) < 4.78 is 7.73. The molecule has 0 N–H and O–H groups in total. The Balaban J connectivity index is 1.36. The van der Waals surface area contributed by atoms with Gasteiger partial charge in [0, 0.05) is 57.3 Å². The van der Waals surface area contributed by atoms with Gasteiger partial charge in [0.25, 0.3) is 0 Å². The molecule has 2 atom stereocenters. The van der Waals surface area contributed by atoms with E-state index in [0.29, 0.717) is 19.6 Å². The van der Waals surface area contributed by atoms with Crippen LogP contribution in [0.5, 0.6) is 0 Å². The third-order valence-corrected chi connectivity index (χ3v) is 6.61. The lowest BCUT2D eigenvalue weighted by Crippen LogP contribution is -2.58. The molecule has 1 amide bonds. The minimum atomic E-state index is 0.0237.